The highest BCUT2D eigenvalue weighted by Crippen LogP contribution is 2.32. The zero-order valence-corrected chi connectivity index (χ0v) is 22.5. The summed E-state index contributed by atoms with van der Waals surface area (Å²) in [7, 11) is 1.50. The maximum atomic E-state index is 14.0. The molecule has 0 aliphatic carbocycles. The van der Waals surface area contributed by atoms with Crippen molar-refractivity contribution in [3.63, 3.8) is 0 Å². The van der Waals surface area contributed by atoms with Crippen molar-refractivity contribution < 1.29 is 13.9 Å². The van der Waals surface area contributed by atoms with Gasteiger partial charge in [-0.3, -0.25) is 14.2 Å². The standard InChI is InChI=1S/C26H29FN6O4S/c1-15(2)30-12-5-6-19(22(30)34)32-23(35)21-16(3)24(33-28-10-11-29-33)38-25(21)31(26(32)36)13-9-17-14-18(27)7-8-20(17)37-4/h7-8,10-11,14-15,19H,5-6,9,12-13H2,1-4H3. The summed E-state index contributed by atoms with van der Waals surface area (Å²) < 4.78 is 22.0. The van der Waals surface area contributed by atoms with Crippen molar-refractivity contribution in [1.29, 1.82) is 0 Å². The van der Waals surface area contributed by atoms with E-state index in [1.54, 1.807) is 17.9 Å². The van der Waals surface area contributed by atoms with Crippen LogP contribution in [-0.4, -0.2) is 54.6 Å². The average molecular weight is 541 g/mol. The second kappa shape index (κ2) is 10.2. The number of aromatic nitrogens is 5. The number of carbonyl (C=O) groups excluding carboxylic acids is 1. The van der Waals surface area contributed by atoms with Gasteiger partial charge in [-0.25, -0.2) is 13.8 Å². The van der Waals surface area contributed by atoms with Gasteiger partial charge in [0.25, 0.3) is 5.56 Å². The Kier molecular flexibility index (Phi) is 6.91. The molecule has 1 aromatic carbocycles. The molecule has 12 heteroatoms. The van der Waals surface area contributed by atoms with E-state index in [2.05, 4.69) is 10.2 Å². The SMILES string of the molecule is COc1ccc(F)cc1CCn1c(=O)n(C2CCCN(C(C)C)C2=O)c(=O)c2c(C)c(-n3nccn3)sc21. The highest BCUT2D eigenvalue weighted by molar-refractivity contribution is 7.21. The Morgan fingerprint density at radius 3 is 2.61 bits per heavy atom. The molecule has 4 heterocycles. The van der Waals surface area contributed by atoms with Gasteiger partial charge in [0.05, 0.1) is 24.9 Å². The fourth-order valence-electron chi connectivity index (χ4n) is 5.14. The van der Waals surface area contributed by atoms with Crippen LogP contribution >= 0.6 is 11.3 Å². The van der Waals surface area contributed by atoms with Crippen LogP contribution in [0.2, 0.25) is 0 Å². The number of thiophene rings is 1. The number of hydrogen-bond donors (Lipinski definition) is 0. The van der Waals surface area contributed by atoms with Gasteiger partial charge in [-0.1, -0.05) is 11.3 Å². The van der Waals surface area contributed by atoms with Crippen molar-refractivity contribution in [2.45, 2.75) is 58.7 Å². The minimum absolute atomic E-state index is 0.0484. The van der Waals surface area contributed by atoms with Crippen molar-refractivity contribution in [1.82, 2.24) is 29.0 Å². The number of piperidine rings is 1. The highest BCUT2D eigenvalue weighted by atomic mass is 32.1. The van der Waals surface area contributed by atoms with Crippen LogP contribution in [0.3, 0.4) is 0 Å². The van der Waals surface area contributed by atoms with Gasteiger partial charge in [0, 0.05) is 24.7 Å². The molecule has 0 radical (unpaired) electrons. The van der Waals surface area contributed by atoms with E-state index in [4.69, 9.17) is 4.74 Å². The first kappa shape index (κ1) is 25.8. The van der Waals surface area contributed by atoms with Crippen LogP contribution in [0.1, 0.15) is 43.9 Å². The van der Waals surface area contributed by atoms with Gasteiger partial charge in [-0.05, 0) is 63.8 Å². The molecule has 1 aliphatic heterocycles. The number of methoxy groups -OCH3 is 1. The third-order valence-electron chi connectivity index (χ3n) is 7.05. The van der Waals surface area contributed by atoms with Crippen LogP contribution in [-0.2, 0) is 17.8 Å². The van der Waals surface area contributed by atoms with E-state index in [1.165, 1.54) is 52.3 Å². The number of benzene rings is 1. The van der Waals surface area contributed by atoms with Gasteiger partial charge in [0.1, 0.15) is 27.4 Å². The summed E-state index contributed by atoms with van der Waals surface area (Å²) in [4.78, 5) is 44.9. The Hall–Kier alpha value is -3.80. The lowest BCUT2D eigenvalue weighted by Crippen LogP contribution is -2.52. The fraction of sp³-hybridized carbons (Fsp3) is 0.423. The number of carbonyl (C=O) groups is 1. The molecule has 0 bridgehead atoms. The number of nitrogens with zero attached hydrogens (tertiary/aromatic N) is 6. The van der Waals surface area contributed by atoms with Crippen LogP contribution in [0.25, 0.3) is 15.2 Å². The number of hydrogen-bond acceptors (Lipinski definition) is 7. The van der Waals surface area contributed by atoms with Gasteiger partial charge in [0.15, 0.2) is 0 Å². The third kappa shape index (κ3) is 4.32. The zero-order valence-electron chi connectivity index (χ0n) is 21.7. The zero-order chi connectivity index (χ0) is 27.1. The first-order valence-electron chi connectivity index (χ1n) is 12.5. The number of fused-ring (bicyclic) bond motifs is 1. The summed E-state index contributed by atoms with van der Waals surface area (Å²) in [5, 5.41) is 9.37. The minimum Gasteiger partial charge on any atom is -0.496 e. The van der Waals surface area contributed by atoms with E-state index < -0.39 is 23.1 Å². The summed E-state index contributed by atoms with van der Waals surface area (Å²) in [6.45, 7) is 6.36. The predicted molar refractivity (Wildman–Crippen MR) is 142 cm³/mol. The second-order valence-electron chi connectivity index (χ2n) is 9.63. The second-order valence-corrected chi connectivity index (χ2v) is 10.6. The molecule has 1 amide bonds. The van der Waals surface area contributed by atoms with E-state index in [9.17, 15) is 18.8 Å². The molecule has 3 aromatic heterocycles. The summed E-state index contributed by atoms with van der Waals surface area (Å²) >= 11 is 1.23. The summed E-state index contributed by atoms with van der Waals surface area (Å²) in [5.41, 5.74) is 0.150. The molecule has 1 aliphatic rings. The number of aryl methyl sites for hydroxylation is 3. The molecular weight excluding hydrogens is 511 g/mol. The third-order valence-corrected chi connectivity index (χ3v) is 8.33. The summed E-state index contributed by atoms with van der Waals surface area (Å²) in [6, 6.07) is 3.29. The van der Waals surface area contributed by atoms with Crippen LogP contribution < -0.4 is 16.0 Å². The normalized spacial score (nSPS) is 16.1. The Morgan fingerprint density at radius 2 is 1.92 bits per heavy atom. The van der Waals surface area contributed by atoms with Gasteiger partial charge >= 0.3 is 5.69 Å². The smallest absolute Gasteiger partial charge is 0.332 e. The van der Waals surface area contributed by atoms with Gasteiger partial charge in [-0.15, -0.1) is 4.80 Å². The molecule has 200 valence electrons. The summed E-state index contributed by atoms with van der Waals surface area (Å²) in [6.07, 6.45) is 4.43. The Morgan fingerprint density at radius 1 is 1.18 bits per heavy atom. The molecule has 38 heavy (non-hydrogen) atoms. The Balaban J connectivity index is 1.71. The summed E-state index contributed by atoms with van der Waals surface area (Å²) in [5.74, 6) is -0.142. The number of likely N-dealkylation sites (tertiary alicyclic amines) is 1. The molecule has 1 unspecified atom stereocenters. The quantitative estimate of drug-likeness (QED) is 0.357. The van der Waals surface area contributed by atoms with Crippen LogP contribution in [0.15, 0.2) is 40.2 Å². The molecule has 4 aromatic rings. The molecule has 10 nitrogen and oxygen atoms in total. The maximum absolute atomic E-state index is 14.0. The predicted octanol–water partition coefficient (Wildman–Crippen LogP) is 3.08. The number of ether oxygens (including phenoxy) is 1. The van der Waals surface area contributed by atoms with E-state index in [1.807, 2.05) is 13.8 Å². The van der Waals surface area contributed by atoms with Crippen molar-refractivity contribution >= 4 is 27.5 Å². The lowest BCUT2D eigenvalue weighted by molar-refractivity contribution is -0.139. The molecular formula is C26H29FN6O4S. The van der Waals surface area contributed by atoms with E-state index in [0.29, 0.717) is 51.5 Å². The van der Waals surface area contributed by atoms with Crippen LogP contribution in [0, 0.1) is 12.7 Å². The minimum atomic E-state index is -0.893. The molecule has 5 rings (SSSR count). The lowest BCUT2D eigenvalue weighted by Gasteiger charge is -2.35. The average Bonchev–Trinajstić information content (AvgIpc) is 3.53. The molecule has 1 atom stereocenters. The molecule has 0 spiro atoms. The number of halogens is 1. The van der Waals surface area contributed by atoms with Crippen LogP contribution in [0.5, 0.6) is 5.75 Å². The topological polar surface area (TPSA) is 104 Å². The Labute approximate surface area is 221 Å². The number of rotatable bonds is 7. The van der Waals surface area contributed by atoms with E-state index >= 15 is 0 Å². The van der Waals surface area contributed by atoms with Crippen molar-refractivity contribution in [3.8, 4) is 10.8 Å². The first-order valence-corrected chi connectivity index (χ1v) is 13.3. The maximum Gasteiger partial charge on any atom is 0.332 e. The van der Waals surface area contributed by atoms with E-state index in [0.717, 1.165) is 4.57 Å². The monoisotopic (exact) mass is 540 g/mol. The van der Waals surface area contributed by atoms with Gasteiger partial charge in [-0.2, -0.15) is 10.2 Å². The molecule has 1 fully saturated rings. The largest absolute Gasteiger partial charge is 0.496 e. The lowest BCUT2D eigenvalue weighted by atomic mass is 10.0. The first-order chi connectivity index (χ1) is 18.2. The van der Waals surface area contributed by atoms with Crippen LogP contribution in [0.4, 0.5) is 4.39 Å². The van der Waals surface area contributed by atoms with Crippen molar-refractivity contribution in [3.05, 3.63) is 68.4 Å². The number of amides is 1. The molecule has 0 N–H and O–H groups in total. The molecule has 1 saturated heterocycles. The molecule has 0 saturated carbocycles. The van der Waals surface area contributed by atoms with Gasteiger partial charge in [0.2, 0.25) is 5.91 Å². The highest BCUT2D eigenvalue weighted by Gasteiger charge is 2.35. The van der Waals surface area contributed by atoms with E-state index in [-0.39, 0.29) is 24.9 Å². The van der Waals surface area contributed by atoms with Crippen molar-refractivity contribution in [2.75, 3.05) is 13.7 Å². The Bertz CT molecular complexity index is 1620. The fourth-order valence-corrected chi connectivity index (χ4v) is 6.38. The van der Waals surface area contributed by atoms with Crippen molar-refractivity contribution in [2.24, 2.45) is 0 Å². The van der Waals surface area contributed by atoms with Gasteiger partial charge < -0.3 is 9.64 Å².